The maximum absolute atomic E-state index is 5.56. The molecule has 2 heteroatoms. The van der Waals surface area contributed by atoms with Gasteiger partial charge in [0.2, 0.25) is 0 Å². The molecular formula is C40H30O2. The molecule has 0 fully saturated rings. The van der Waals surface area contributed by atoms with E-state index in [1.807, 2.05) is 0 Å². The molecule has 0 saturated carbocycles. The fraction of sp³-hybridized carbons (Fsp3) is 0.0500. The zero-order valence-electron chi connectivity index (χ0n) is 23.7. The third-order valence-corrected chi connectivity index (χ3v) is 8.08. The molecule has 0 saturated heterocycles. The summed E-state index contributed by atoms with van der Waals surface area (Å²) in [6.07, 6.45) is 0. The number of ether oxygens (including phenoxy) is 2. The molecule has 0 aliphatic heterocycles. The lowest BCUT2D eigenvalue weighted by Gasteiger charge is -2.25. The Kier molecular flexibility index (Phi) is 6.65. The minimum Gasteiger partial charge on any atom is -0.497 e. The van der Waals surface area contributed by atoms with Crippen molar-refractivity contribution in [2.45, 2.75) is 0 Å². The van der Waals surface area contributed by atoms with E-state index in [-0.39, 0.29) is 0 Å². The van der Waals surface area contributed by atoms with Crippen molar-refractivity contribution < 1.29 is 9.47 Å². The summed E-state index contributed by atoms with van der Waals surface area (Å²) in [7, 11) is 3.42. The van der Waals surface area contributed by atoms with Crippen LogP contribution in [0, 0.1) is 0 Å². The van der Waals surface area contributed by atoms with Gasteiger partial charge in [0.1, 0.15) is 11.5 Å². The molecule has 7 aromatic rings. The van der Waals surface area contributed by atoms with E-state index in [2.05, 4.69) is 146 Å². The summed E-state index contributed by atoms with van der Waals surface area (Å²) >= 11 is 0. The summed E-state index contributed by atoms with van der Waals surface area (Å²) in [4.78, 5) is 0. The zero-order chi connectivity index (χ0) is 28.5. The van der Waals surface area contributed by atoms with Gasteiger partial charge in [-0.1, -0.05) is 121 Å². The van der Waals surface area contributed by atoms with Gasteiger partial charge < -0.3 is 9.47 Å². The van der Waals surface area contributed by atoms with Gasteiger partial charge in [-0.15, -0.1) is 0 Å². The Morgan fingerprint density at radius 3 is 1.33 bits per heavy atom. The van der Waals surface area contributed by atoms with Gasteiger partial charge in [-0.3, -0.25) is 0 Å². The van der Waals surface area contributed by atoms with Gasteiger partial charge in [0.05, 0.1) is 14.2 Å². The van der Waals surface area contributed by atoms with Crippen LogP contribution in [0.2, 0.25) is 0 Å². The Hall–Kier alpha value is -5.34. The molecule has 42 heavy (non-hydrogen) atoms. The minimum absolute atomic E-state index is 0.840. The predicted molar refractivity (Wildman–Crippen MR) is 176 cm³/mol. The molecule has 0 N–H and O–H groups in total. The van der Waals surface area contributed by atoms with Gasteiger partial charge in [0, 0.05) is 0 Å². The fourth-order valence-corrected chi connectivity index (χ4v) is 6.15. The molecule has 0 aliphatic carbocycles. The molecular weight excluding hydrogens is 512 g/mol. The van der Waals surface area contributed by atoms with E-state index in [0.717, 1.165) is 22.6 Å². The minimum atomic E-state index is 0.840. The molecule has 7 rings (SSSR count). The number of hydrogen-bond donors (Lipinski definition) is 0. The Bertz CT molecular complexity index is 2010. The Labute approximate surface area is 246 Å². The fourth-order valence-electron chi connectivity index (χ4n) is 6.15. The molecule has 0 aromatic heterocycles. The van der Waals surface area contributed by atoms with Crippen LogP contribution in [-0.2, 0) is 0 Å². The first-order valence-electron chi connectivity index (χ1n) is 14.2. The lowest BCUT2D eigenvalue weighted by Crippen LogP contribution is -1.98. The smallest absolute Gasteiger partial charge is 0.118 e. The normalized spacial score (nSPS) is 11.1. The van der Waals surface area contributed by atoms with E-state index in [0.29, 0.717) is 0 Å². The number of rotatable bonds is 6. The topological polar surface area (TPSA) is 18.5 Å². The molecule has 0 amide bonds. The van der Waals surface area contributed by atoms with Crippen LogP contribution in [-0.4, -0.2) is 14.2 Å². The zero-order valence-corrected chi connectivity index (χ0v) is 23.7. The Balaban J connectivity index is 1.76. The van der Waals surface area contributed by atoms with Crippen molar-refractivity contribution in [3.8, 4) is 56.0 Å². The van der Waals surface area contributed by atoms with Crippen LogP contribution >= 0.6 is 0 Å². The van der Waals surface area contributed by atoms with Gasteiger partial charge in [0.25, 0.3) is 0 Å². The number of benzene rings is 7. The first kappa shape index (κ1) is 25.6. The van der Waals surface area contributed by atoms with Crippen LogP contribution < -0.4 is 9.47 Å². The highest BCUT2D eigenvalue weighted by Gasteiger charge is 2.25. The average molecular weight is 543 g/mol. The molecule has 0 aliphatic rings. The van der Waals surface area contributed by atoms with Crippen molar-refractivity contribution in [2.24, 2.45) is 0 Å². The molecule has 2 nitrogen and oxygen atoms in total. The van der Waals surface area contributed by atoms with Crippen molar-refractivity contribution in [1.29, 1.82) is 0 Å². The summed E-state index contributed by atoms with van der Waals surface area (Å²) in [5.74, 6) is 1.68. The van der Waals surface area contributed by atoms with Crippen LogP contribution in [0.5, 0.6) is 11.5 Å². The van der Waals surface area contributed by atoms with Crippen LogP contribution in [0.25, 0.3) is 66.1 Å². The van der Waals surface area contributed by atoms with Crippen molar-refractivity contribution in [3.63, 3.8) is 0 Å². The molecule has 0 bridgehead atoms. The first-order valence-corrected chi connectivity index (χ1v) is 14.2. The number of methoxy groups -OCH3 is 2. The van der Waals surface area contributed by atoms with Gasteiger partial charge >= 0.3 is 0 Å². The van der Waals surface area contributed by atoms with Crippen LogP contribution in [0.3, 0.4) is 0 Å². The summed E-state index contributed by atoms with van der Waals surface area (Å²) in [6.45, 7) is 0. The van der Waals surface area contributed by atoms with Crippen LogP contribution in [0.1, 0.15) is 0 Å². The standard InChI is InChI=1S/C40H30O2/c1-41-32-22-17-30(18-23-32)36-35-26-21-27-11-9-10-16-34(27)40(35)39(31-19-24-33(42-2)25-20-31)38(29-14-7-4-8-15-29)37(36)28-12-5-3-6-13-28/h3-26H,1-2H3. The van der Waals surface area contributed by atoms with Crippen LogP contribution in [0.15, 0.2) is 146 Å². The van der Waals surface area contributed by atoms with E-state index in [9.17, 15) is 0 Å². The van der Waals surface area contributed by atoms with E-state index in [4.69, 9.17) is 9.47 Å². The molecule has 7 aromatic carbocycles. The van der Waals surface area contributed by atoms with Gasteiger partial charge in [-0.2, -0.15) is 0 Å². The van der Waals surface area contributed by atoms with Gasteiger partial charge in [-0.25, -0.2) is 0 Å². The SMILES string of the molecule is COc1ccc(-c2c(-c3ccccc3)c(-c3ccccc3)c(-c3ccc(OC)cc3)c3c2ccc2ccccc23)cc1. The molecule has 202 valence electrons. The van der Waals surface area contributed by atoms with Gasteiger partial charge in [-0.05, 0) is 90.3 Å². The van der Waals surface area contributed by atoms with Gasteiger partial charge in [0.15, 0.2) is 0 Å². The summed E-state index contributed by atoms with van der Waals surface area (Å²) in [6, 6.07) is 51.8. The third-order valence-electron chi connectivity index (χ3n) is 8.08. The van der Waals surface area contributed by atoms with E-state index in [1.54, 1.807) is 14.2 Å². The van der Waals surface area contributed by atoms with Crippen molar-refractivity contribution in [1.82, 2.24) is 0 Å². The summed E-state index contributed by atoms with van der Waals surface area (Å²) in [5.41, 5.74) is 9.48. The van der Waals surface area contributed by atoms with E-state index in [1.165, 1.54) is 54.9 Å². The van der Waals surface area contributed by atoms with Crippen LogP contribution in [0.4, 0.5) is 0 Å². The molecule has 0 unspecified atom stereocenters. The average Bonchev–Trinajstić information content (AvgIpc) is 3.08. The highest BCUT2D eigenvalue weighted by Crippen LogP contribution is 2.52. The van der Waals surface area contributed by atoms with Crippen molar-refractivity contribution in [2.75, 3.05) is 14.2 Å². The second kappa shape index (κ2) is 10.9. The monoisotopic (exact) mass is 542 g/mol. The lowest BCUT2D eigenvalue weighted by atomic mass is 9.78. The quantitative estimate of drug-likeness (QED) is 0.195. The van der Waals surface area contributed by atoms with E-state index >= 15 is 0 Å². The summed E-state index contributed by atoms with van der Waals surface area (Å²) in [5, 5.41) is 4.89. The molecule has 0 spiro atoms. The first-order chi connectivity index (χ1) is 20.8. The maximum Gasteiger partial charge on any atom is 0.118 e. The van der Waals surface area contributed by atoms with Crippen molar-refractivity contribution >= 4 is 21.5 Å². The molecule has 0 atom stereocenters. The lowest BCUT2D eigenvalue weighted by molar-refractivity contribution is 0.415. The number of hydrogen-bond acceptors (Lipinski definition) is 2. The Morgan fingerprint density at radius 1 is 0.333 bits per heavy atom. The van der Waals surface area contributed by atoms with E-state index < -0.39 is 0 Å². The Morgan fingerprint density at radius 2 is 0.786 bits per heavy atom. The third kappa shape index (κ3) is 4.38. The molecule has 0 heterocycles. The molecule has 0 radical (unpaired) electrons. The predicted octanol–water partition coefficient (Wildman–Crippen LogP) is 10.7. The summed E-state index contributed by atoms with van der Waals surface area (Å²) < 4.78 is 11.1. The number of fused-ring (bicyclic) bond motifs is 3. The maximum atomic E-state index is 5.56. The highest BCUT2D eigenvalue weighted by molar-refractivity contribution is 6.25. The second-order valence-electron chi connectivity index (χ2n) is 10.4. The largest absolute Gasteiger partial charge is 0.497 e. The highest BCUT2D eigenvalue weighted by atomic mass is 16.5. The van der Waals surface area contributed by atoms with Crippen molar-refractivity contribution in [3.05, 3.63) is 146 Å². The second-order valence-corrected chi connectivity index (χ2v) is 10.4.